The number of amides is 1. The zero-order chi connectivity index (χ0) is 20.5. The fourth-order valence-electron chi connectivity index (χ4n) is 3.01. The third-order valence-corrected chi connectivity index (χ3v) is 4.93. The quantitative estimate of drug-likeness (QED) is 0.722. The largest absolute Gasteiger partial charge is 0.352 e. The Balaban J connectivity index is 1.85. The predicted molar refractivity (Wildman–Crippen MR) is 110 cm³/mol. The van der Waals surface area contributed by atoms with Gasteiger partial charge in [-0.25, -0.2) is 4.79 Å². The van der Waals surface area contributed by atoms with E-state index in [0.29, 0.717) is 5.69 Å². The number of hydrogen-bond donors (Lipinski definition) is 1. The fraction of sp³-hybridized carbons (Fsp3) is 0.273. The van der Waals surface area contributed by atoms with E-state index in [2.05, 4.69) is 10.4 Å². The Morgan fingerprint density at radius 2 is 1.59 bits per heavy atom. The van der Waals surface area contributed by atoms with E-state index >= 15 is 0 Å². The van der Waals surface area contributed by atoms with Crippen LogP contribution in [0.25, 0.3) is 5.69 Å². The Bertz CT molecular complexity index is 1170. The molecule has 1 heterocycles. The third-order valence-electron chi connectivity index (χ3n) is 4.93. The smallest absolute Gasteiger partial charge is 0.348 e. The minimum absolute atomic E-state index is 0.0655. The van der Waals surface area contributed by atoms with Gasteiger partial charge in [0, 0.05) is 6.04 Å². The summed E-state index contributed by atoms with van der Waals surface area (Å²) in [5.41, 5.74) is 1.87. The molecule has 1 N–H and O–H groups in total. The van der Waals surface area contributed by atoms with Crippen LogP contribution in [0.4, 0.5) is 0 Å². The van der Waals surface area contributed by atoms with E-state index in [0.717, 1.165) is 38.8 Å². The topological polar surface area (TPSA) is 86.0 Å². The summed E-state index contributed by atoms with van der Waals surface area (Å²) in [5, 5.41) is 6.91. The zero-order valence-corrected chi connectivity index (χ0v) is 16.4. The second-order valence-corrected chi connectivity index (χ2v) is 7.50. The number of benzene rings is 2. The lowest BCUT2D eigenvalue weighted by atomic mass is 10.1. The van der Waals surface area contributed by atoms with Gasteiger partial charge in [-0.05, 0) is 44.4 Å². The highest BCUT2D eigenvalue weighted by Gasteiger charge is 2.27. The van der Waals surface area contributed by atoms with Crippen LogP contribution in [0.1, 0.15) is 40.0 Å². The summed E-state index contributed by atoms with van der Waals surface area (Å²) in [6.07, 6.45) is 1.78. The highest BCUT2D eigenvalue weighted by molar-refractivity contribution is 5.92. The van der Waals surface area contributed by atoms with Gasteiger partial charge in [-0.15, -0.1) is 0 Å². The summed E-state index contributed by atoms with van der Waals surface area (Å²) in [6, 6.07) is 14.8. The highest BCUT2D eigenvalue weighted by atomic mass is 16.2. The van der Waals surface area contributed by atoms with Crippen molar-refractivity contribution in [2.24, 2.45) is 0 Å². The van der Waals surface area contributed by atoms with Crippen LogP contribution in [0.2, 0.25) is 0 Å². The van der Waals surface area contributed by atoms with Crippen molar-refractivity contribution in [2.75, 3.05) is 0 Å². The Morgan fingerprint density at radius 3 is 2.17 bits per heavy atom. The Labute approximate surface area is 167 Å². The summed E-state index contributed by atoms with van der Waals surface area (Å²) in [7, 11) is 0. The van der Waals surface area contributed by atoms with E-state index in [1.54, 1.807) is 12.1 Å². The van der Waals surface area contributed by atoms with Crippen LogP contribution in [-0.2, 0) is 6.54 Å². The van der Waals surface area contributed by atoms with Crippen molar-refractivity contribution in [1.82, 2.24) is 19.7 Å². The maximum Gasteiger partial charge on any atom is 0.352 e. The molecule has 29 heavy (non-hydrogen) atoms. The lowest BCUT2D eigenvalue weighted by Crippen LogP contribution is -2.46. The zero-order valence-electron chi connectivity index (χ0n) is 16.4. The van der Waals surface area contributed by atoms with Crippen molar-refractivity contribution in [3.8, 4) is 5.69 Å². The molecule has 0 saturated heterocycles. The van der Waals surface area contributed by atoms with Gasteiger partial charge < -0.3 is 5.32 Å². The van der Waals surface area contributed by atoms with Crippen LogP contribution in [0.15, 0.2) is 58.1 Å². The Morgan fingerprint density at radius 1 is 1.00 bits per heavy atom. The molecule has 0 atom stereocenters. The third kappa shape index (κ3) is 4.03. The molecule has 0 bridgehead atoms. The molecule has 0 radical (unpaired) electrons. The van der Waals surface area contributed by atoms with Crippen LogP contribution in [0.3, 0.4) is 0 Å². The molecule has 0 aliphatic heterocycles. The first-order chi connectivity index (χ1) is 13.9. The van der Waals surface area contributed by atoms with E-state index in [1.165, 1.54) is 0 Å². The first-order valence-corrected chi connectivity index (χ1v) is 9.60. The fourth-order valence-corrected chi connectivity index (χ4v) is 3.01. The van der Waals surface area contributed by atoms with E-state index in [4.69, 9.17) is 0 Å². The van der Waals surface area contributed by atoms with Gasteiger partial charge >= 0.3 is 5.69 Å². The highest BCUT2D eigenvalue weighted by Crippen LogP contribution is 2.18. The molecular formula is C22H22N4O3. The minimum atomic E-state index is -0.683. The molecule has 7 nitrogen and oxygen atoms in total. The molecule has 1 aliphatic rings. The van der Waals surface area contributed by atoms with Gasteiger partial charge in [0.2, 0.25) is 5.69 Å². The molecule has 3 aromatic rings. The van der Waals surface area contributed by atoms with E-state index in [9.17, 15) is 14.4 Å². The molecule has 0 unspecified atom stereocenters. The van der Waals surface area contributed by atoms with Crippen LogP contribution in [0, 0.1) is 13.8 Å². The molecule has 1 fully saturated rings. The van der Waals surface area contributed by atoms with Gasteiger partial charge in [-0.1, -0.05) is 47.5 Å². The molecule has 1 amide bonds. The van der Waals surface area contributed by atoms with Crippen molar-refractivity contribution in [2.45, 2.75) is 39.3 Å². The Hall–Kier alpha value is -3.48. The molecule has 0 spiro atoms. The van der Waals surface area contributed by atoms with E-state index < -0.39 is 17.2 Å². The lowest BCUT2D eigenvalue weighted by molar-refractivity contribution is 0.0941. The van der Waals surface area contributed by atoms with Gasteiger partial charge in [-0.2, -0.15) is 9.78 Å². The molecule has 4 rings (SSSR count). The van der Waals surface area contributed by atoms with Crippen LogP contribution >= 0.6 is 0 Å². The second kappa shape index (κ2) is 7.50. The van der Waals surface area contributed by atoms with E-state index in [1.807, 2.05) is 50.2 Å². The molecule has 2 aromatic carbocycles. The average Bonchev–Trinajstić information content (AvgIpc) is 3.51. The number of carbonyl (C=O) groups excluding carboxylic acids is 1. The maximum absolute atomic E-state index is 13.1. The molecule has 7 heteroatoms. The van der Waals surface area contributed by atoms with Crippen LogP contribution < -0.4 is 16.6 Å². The summed E-state index contributed by atoms with van der Waals surface area (Å²) in [6.45, 7) is 3.97. The monoisotopic (exact) mass is 390 g/mol. The molecule has 1 saturated carbocycles. The molecule has 148 valence electrons. The van der Waals surface area contributed by atoms with Crippen molar-refractivity contribution in [3.05, 3.63) is 91.8 Å². The predicted octanol–water partition coefficient (Wildman–Crippen LogP) is 1.95. The first kappa shape index (κ1) is 18.9. The number of rotatable bonds is 5. The van der Waals surface area contributed by atoms with Crippen LogP contribution in [0.5, 0.6) is 0 Å². The normalized spacial score (nSPS) is 13.3. The SMILES string of the molecule is Cc1ccc(Cn2c(=O)c(C(=O)NC3CC3)nn(-c3ccc(C)cc3)c2=O)cc1. The summed E-state index contributed by atoms with van der Waals surface area (Å²) in [4.78, 5) is 38.7. The number of carbonyl (C=O) groups is 1. The number of hydrogen-bond acceptors (Lipinski definition) is 4. The average molecular weight is 390 g/mol. The van der Waals surface area contributed by atoms with Gasteiger partial charge in [0.15, 0.2) is 0 Å². The van der Waals surface area contributed by atoms with Gasteiger partial charge in [0.1, 0.15) is 0 Å². The summed E-state index contributed by atoms with van der Waals surface area (Å²) in [5.74, 6) is -0.545. The van der Waals surface area contributed by atoms with Gasteiger partial charge in [0.05, 0.1) is 12.2 Å². The van der Waals surface area contributed by atoms with Crippen molar-refractivity contribution in [3.63, 3.8) is 0 Å². The van der Waals surface area contributed by atoms with Crippen LogP contribution in [-0.4, -0.2) is 26.3 Å². The number of nitrogens with one attached hydrogen (secondary N) is 1. The number of aromatic nitrogens is 3. The molecule has 1 aromatic heterocycles. The number of nitrogens with zero attached hydrogens (tertiary/aromatic N) is 3. The Kier molecular flexibility index (Phi) is 4.88. The van der Waals surface area contributed by atoms with Crippen molar-refractivity contribution in [1.29, 1.82) is 0 Å². The second-order valence-electron chi connectivity index (χ2n) is 7.50. The first-order valence-electron chi connectivity index (χ1n) is 9.60. The van der Waals surface area contributed by atoms with Crippen molar-refractivity contribution >= 4 is 5.91 Å². The van der Waals surface area contributed by atoms with Crippen molar-refractivity contribution < 1.29 is 4.79 Å². The van der Waals surface area contributed by atoms with Gasteiger partial charge in [-0.3, -0.25) is 14.2 Å². The lowest BCUT2D eigenvalue weighted by Gasteiger charge is -2.12. The molecular weight excluding hydrogens is 368 g/mol. The summed E-state index contributed by atoms with van der Waals surface area (Å²) < 4.78 is 2.19. The van der Waals surface area contributed by atoms with Gasteiger partial charge in [0.25, 0.3) is 11.5 Å². The summed E-state index contributed by atoms with van der Waals surface area (Å²) >= 11 is 0. The number of aryl methyl sites for hydroxylation is 2. The minimum Gasteiger partial charge on any atom is -0.348 e. The standard InChI is InChI=1S/C22H22N4O3/c1-14-3-7-16(8-4-14)13-25-21(28)19(20(27)23-17-9-10-17)24-26(22(25)29)18-11-5-15(2)6-12-18/h3-8,11-12,17H,9-10,13H2,1-2H3,(H,23,27). The van der Waals surface area contributed by atoms with E-state index in [-0.39, 0.29) is 18.3 Å². The molecule has 1 aliphatic carbocycles. The maximum atomic E-state index is 13.1.